The van der Waals surface area contributed by atoms with Gasteiger partial charge in [-0.25, -0.2) is 0 Å². The molecule has 25 heavy (non-hydrogen) atoms. The summed E-state index contributed by atoms with van der Waals surface area (Å²) in [4.78, 5) is 2.85. The van der Waals surface area contributed by atoms with Crippen LogP contribution in [0.4, 0.5) is 0 Å². The predicted molar refractivity (Wildman–Crippen MR) is 105 cm³/mol. The molecule has 1 heteroatoms. The molecule has 2 aliphatic carbocycles. The summed E-state index contributed by atoms with van der Waals surface area (Å²) in [6.07, 6.45) is 8.71. The number of rotatable bonds is 3. The summed E-state index contributed by atoms with van der Waals surface area (Å²) in [6.45, 7) is 2.61. The van der Waals surface area contributed by atoms with E-state index in [1.165, 1.54) is 62.7 Å². The summed E-state index contributed by atoms with van der Waals surface area (Å²) in [6, 6.07) is 21.0. The van der Waals surface area contributed by atoms with Crippen molar-refractivity contribution in [2.24, 2.45) is 11.8 Å². The topological polar surface area (TPSA) is 3.24 Å². The van der Waals surface area contributed by atoms with E-state index in [1.807, 2.05) is 0 Å². The van der Waals surface area contributed by atoms with Crippen LogP contribution in [0.5, 0.6) is 0 Å². The molecule has 0 aromatic heterocycles. The maximum absolute atomic E-state index is 2.85. The Labute approximate surface area is 152 Å². The highest BCUT2D eigenvalue weighted by Gasteiger charge is 2.42. The quantitative estimate of drug-likeness (QED) is 0.695. The van der Waals surface area contributed by atoms with Crippen LogP contribution in [-0.4, -0.2) is 24.0 Å². The first kappa shape index (κ1) is 15.6. The van der Waals surface area contributed by atoms with Gasteiger partial charge in [-0.2, -0.15) is 0 Å². The SMILES string of the molecule is c1ccc(-c2ccccc2C2CCN([C@H]3C[C@H]4CCC3C4)CC2)cc1. The molecular formula is C24H29N. The number of benzene rings is 2. The molecule has 0 N–H and O–H groups in total. The smallest absolute Gasteiger partial charge is 0.0126 e. The normalized spacial score (nSPS) is 30.0. The molecule has 0 amide bonds. The van der Waals surface area contributed by atoms with Crippen molar-refractivity contribution in [1.29, 1.82) is 0 Å². The molecule has 0 radical (unpaired) electrons. The lowest BCUT2D eigenvalue weighted by atomic mass is 9.83. The third-order valence-electron chi connectivity index (χ3n) is 7.18. The molecule has 2 bridgehead atoms. The summed E-state index contributed by atoms with van der Waals surface area (Å²) in [5.41, 5.74) is 4.39. The van der Waals surface area contributed by atoms with Crippen LogP contribution in [0.25, 0.3) is 11.1 Å². The molecule has 1 saturated heterocycles. The highest BCUT2D eigenvalue weighted by Crippen LogP contribution is 2.47. The zero-order valence-electron chi connectivity index (χ0n) is 15.1. The van der Waals surface area contributed by atoms with E-state index in [4.69, 9.17) is 0 Å². The molecule has 3 fully saturated rings. The van der Waals surface area contributed by atoms with Crippen LogP contribution >= 0.6 is 0 Å². The fourth-order valence-electron chi connectivity index (χ4n) is 5.93. The Hall–Kier alpha value is -1.60. The average molecular weight is 332 g/mol. The van der Waals surface area contributed by atoms with Crippen molar-refractivity contribution in [3.8, 4) is 11.1 Å². The van der Waals surface area contributed by atoms with Gasteiger partial charge in [-0.3, -0.25) is 0 Å². The van der Waals surface area contributed by atoms with Gasteiger partial charge in [0.25, 0.3) is 0 Å². The van der Waals surface area contributed by atoms with Crippen molar-refractivity contribution in [3.05, 3.63) is 60.2 Å². The largest absolute Gasteiger partial charge is 0.300 e. The Morgan fingerprint density at radius 3 is 2.20 bits per heavy atom. The van der Waals surface area contributed by atoms with Crippen LogP contribution in [0.1, 0.15) is 50.0 Å². The van der Waals surface area contributed by atoms with E-state index in [-0.39, 0.29) is 0 Å². The highest BCUT2D eigenvalue weighted by atomic mass is 15.2. The Balaban J connectivity index is 1.31. The molecule has 130 valence electrons. The Morgan fingerprint density at radius 1 is 0.720 bits per heavy atom. The second kappa shape index (κ2) is 6.61. The third kappa shape index (κ3) is 2.93. The van der Waals surface area contributed by atoms with Gasteiger partial charge >= 0.3 is 0 Å². The van der Waals surface area contributed by atoms with E-state index in [0.717, 1.165) is 23.8 Å². The van der Waals surface area contributed by atoms with E-state index in [0.29, 0.717) is 0 Å². The first-order valence-electron chi connectivity index (χ1n) is 10.3. The monoisotopic (exact) mass is 331 g/mol. The van der Waals surface area contributed by atoms with Gasteiger partial charge in [-0.15, -0.1) is 0 Å². The molecule has 3 atom stereocenters. The first-order valence-corrected chi connectivity index (χ1v) is 10.3. The first-order chi connectivity index (χ1) is 12.4. The average Bonchev–Trinajstić information content (AvgIpc) is 3.32. The fraction of sp³-hybridized carbons (Fsp3) is 0.500. The van der Waals surface area contributed by atoms with Gasteiger partial charge in [0, 0.05) is 6.04 Å². The minimum atomic E-state index is 0.728. The van der Waals surface area contributed by atoms with Crippen molar-refractivity contribution in [2.75, 3.05) is 13.1 Å². The molecule has 2 saturated carbocycles. The van der Waals surface area contributed by atoms with E-state index in [9.17, 15) is 0 Å². The van der Waals surface area contributed by atoms with Gasteiger partial charge in [0.1, 0.15) is 0 Å². The van der Waals surface area contributed by atoms with Crippen molar-refractivity contribution in [3.63, 3.8) is 0 Å². The molecule has 0 spiro atoms. The Morgan fingerprint density at radius 2 is 1.48 bits per heavy atom. The molecule has 2 aromatic rings. The van der Waals surface area contributed by atoms with Crippen LogP contribution in [0.3, 0.4) is 0 Å². The lowest BCUT2D eigenvalue weighted by Crippen LogP contribution is -2.43. The second-order valence-corrected chi connectivity index (χ2v) is 8.51. The lowest BCUT2D eigenvalue weighted by Gasteiger charge is -2.40. The van der Waals surface area contributed by atoms with Gasteiger partial charge in [-0.05, 0) is 79.6 Å². The van der Waals surface area contributed by atoms with Gasteiger partial charge in [0.2, 0.25) is 0 Å². The highest BCUT2D eigenvalue weighted by molar-refractivity contribution is 5.68. The summed E-state index contributed by atoms with van der Waals surface area (Å²) >= 11 is 0. The van der Waals surface area contributed by atoms with Crippen molar-refractivity contribution in [1.82, 2.24) is 4.90 Å². The number of fused-ring (bicyclic) bond motifs is 2. The number of piperidine rings is 1. The second-order valence-electron chi connectivity index (χ2n) is 8.51. The number of nitrogens with zero attached hydrogens (tertiary/aromatic N) is 1. The summed E-state index contributed by atoms with van der Waals surface area (Å²) < 4.78 is 0. The molecular weight excluding hydrogens is 302 g/mol. The third-order valence-corrected chi connectivity index (χ3v) is 7.18. The summed E-state index contributed by atoms with van der Waals surface area (Å²) in [5.74, 6) is 2.82. The molecule has 1 heterocycles. The number of hydrogen-bond acceptors (Lipinski definition) is 1. The van der Waals surface area contributed by atoms with Crippen LogP contribution in [0.2, 0.25) is 0 Å². The maximum Gasteiger partial charge on any atom is 0.0126 e. The molecule has 1 nitrogen and oxygen atoms in total. The maximum atomic E-state index is 2.85. The Bertz CT molecular complexity index is 714. The van der Waals surface area contributed by atoms with Crippen LogP contribution in [-0.2, 0) is 0 Å². The molecule has 2 aromatic carbocycles. The van der Waals surface area contributed by atoms with Crippen LogP contribution in [0, 0.1) is 11.8 Å². The molecule has 3 aliphatic rings. The van der Waals surface area contributed by atoms with E-state index in [2.05, 4.69) is 59.5 Å². The summed E-state index contributed by atoms with van der Waals surface area (Å²) in [7, 11) is 0. The lowest BCUT2D eigenvalue weighted by molar-refractivity contribution is 0.111. The minimum Gasteiger partial charge on any atom is -0.300 e. The molecule has 1 aliphatic heterocycles. The van der Waals surface area contributed by atoms with E-state index in [1.54, 1.807) is 5.56 Å². The van der Waals surface area contributed by atoms with E-state index < -0.39 is 0 Å². The van der Waals surface area contributed by atoms with Crippen molar-refractivity contribution < 1.29 is 0 Å². The summed E-state index contributed by atoms with van der Waals surface area (Å²) in [5, 5.41) is 0. The van der Waals surface area contributed by atoms with Gasteiger partial charge < -0.3 is 4.90 Å². The van der Waals surface area contributed by atoms with Gasteiger partial charge in [0.15, 0.2) is 0 Å². The van der Waals surface area contributed by atoms with Crippen LogP contribution < -0.4 is 0 Å². The Kier molecular flexibility index (Phi) is 4.13. The van der Waals surface area contributed by atoms with Crippen LogP contribution in [0.15, 0.2) is 54.6 Å². The predicted octanol–water partition coefficient (Wildman–Crippen LogP) is 5.72. The standard InChI is InChI=1S/C24H29N/c1-2-6-19(7-3-1)22-8-4-5-9-23(22)20-12-14-25(15-13-20)24-17-18-10-11-21(24)16-18/h1-9,18,20-21,24H,10-17H2/t18-,21?,24-/m0/s1. The van der Waals surface area contributed by atoms with Crippen molar-refractivity contribution >= 4 is 0 Å². The number of hydrogen-bond donors (Lipinski definition) is 0. The fourth-order valence-corrected chi connectivity index (χ4v) is 5.93. The van der Waals surface area contributed by atoms with E-state index >= 15 is 0 Å². The minimum absolute atomic E-state index is 0.728. The number of likely N-dealkylation sites (tertiary alicyclic amines) is 1. The zero-order chi connectivity index (χ0) is 16.6. The zero-order valence-corrected chi connectivity index (χ0v) is 15.1. The molecule has 5 rings (SSSR count). The molecule has 1 unspecified atom stereocenters. The van der Waals surface area contributed by atoms with Gasteiger partial charge in [0.05, 0.1) is 0 Å². The van der Waals surface area contributed by atoms with Gasteiger partial charge in [-0.1, -0.05) is 61.0 Å². The van der Waals surface area contributed by atoms with Crippen molar-refractivity contribution in [2.45, 2.75) is 50.5 Å².